The zero-order valence-electron chi connectivity index (χ0n) is 19.5. The minimum absolute atomic E-state index is 0.0148. The summed E-state index contributed by atoms with van der Waals surface area (Å²) in [6.07, 6.45) is 4.04. The number of sulfonamides is 1. The average Bonchev–Trinajstić information content (AvgIpc) is 3.39. The number of nitrogens with zero attached hydrogens (tertiary/aromatic N) is 3. The molecule has 1 fully saturated rings. The molecular weight excluding hydrogens is 462 g/mol. The number of carbonyl (C=O) groups excluding carboxylic acids is 1. The second-order valence-electron chi connectivity index (χ2n) is 8.96. The summed E-state index contributed by atoms with van der Waals surface area (Å²) in [5.41, 5.74) is 4.04. The number of hydrogen-bond donors (Lipinski definition) is 2. The lowest BCUT2D eigenvalue weighted by molar-refractivity contribution is -0.117. The number of benzene rings is 2. The molecule has 0 atom stereocenters. The molecule has 0 radical (unpaired) electrons. The number of hydrogen-bond acceptors (Lipinski definition) is 6. The van der Waals surface area contributed by atoms with E-state index in [1.54, 1.807) is 23.2 Å². The van der Waals surface area contributed by atoms with Crippen molar-refractivity contribution in [2.75, 3.05) is 46.9 Å². The fourth-order valence-corrected chi connectivity index (χ4v) is 5.59. The maximum Gasteiger partial charge on any atom is 0.246 e. The molecule has 35 heavy (non-hydrogen) atoms. The van der Waals surface area contributed by atoms with E-state index in [1.807, 2.05) is 48.5 Å². The van der Waals surface area contributed by atoms with Gasteiger partial charge in [0, 0.05) is 24.0 Å². The summed E-state index contributed by atoms with van der Waals surface area (Å²) in [6, 6.07) is 19.1. The van der Waals surface area contributed by atoms with Crippen LogP contribution in [0, 0.1) is 0 Å². The Labute approximate surface area is 206 Å². The van der Waals surface area contributed by atoms with Gasteiger partial charge in [0.05, 0.1) is 24.5 Å². The van der Waals surface area contributed by atoms with E-state index in [0.717, 1.165) is 48.3 Å². The molecule has 3 heterocycles. The number of amides is 1. The van der Waals surface area contributed by atoms with Gasteiger partial charge in [-0.2, -0.15) is 0 Å². The zero-order valence-corrected chi connectivity index (χ0v) is 20.3. The monoisotopic (exact) mass is 491 g/mol. The molecule has 0 spiro atoms. The van der Waals surface area contributed by atoms with Crippen molar-refractivity contribution >= 4 is 33.1 Å². The van der Waals surface area contributed by atoms with Crippen LogP contribution in [0.15, 0.2) is 66.9 Å². The molecule has 0 unspecified atom stereocenters. The quantitative estimate of drug-likeness (QED) is 0.501. The van der Waals surface area contributed by atoms with Crippen LogP contribution in [0.3, 0.4) is 0 Å². The van der Waals surface area contributed by atoms with Crippen LogP contribution in [-0.4, -0.2) is 56.1 Å². The Balaban J connectivity index is 1.31. The molecule has 0 bridgehead atoms. The van der Waals surface area contributed by atoms with Gasteiger partial charge in [0.1, 0.15) is 0 Å². The van der Waals surface area contributed by atoms with Crippen molar-refractivity contribution in [2.45, 2.75) is 19.4 Å². The first-order chi connectivity index (χ1) is 17.0. The summed E-state index contributed by atoms with van der Waals surface area (Å²) < 4.78 is 27.7. The lowest BCUT2D eigenvalue weighted by atomic mass is 10.1. The molecule has 182 valence electrons. The Hall–Kier alpha value is -3.43. The first-order valence-corrected chi connectivity index (χ1v) is 13.5. The van der Waals surface area contributed by atoms with Gasteiger partial charge in [-0.3, -0.25) is 9.52 Å². The van der Waals surface area contributed by atoms with E-state index in [-0.39, 0.29) is 18.2 Å². The number of pyridine rings is 1. The largest absolute Gasteiger partial charge is 0.359 e. The summed E-state index contributed by atoms with van der Waals surface area (Å²) in [7, 11) is -3.41. The van der Waals surface area contributed by atoms with Crippen LogP contribution < -0.4 is 14.9 Å². The van der Waals surface area contributed by atoms with Gasteiger partial charge in [0.2, 0.25) is 15.9 Å². The lowest BCUT2D eigenvalue weighted by Gasteiger charge is -2.30. The fraction of sp³-hybridized carbons (Fsp3) is 0.308. The standard InChI is InChI=1S/C26H29N5O3S/c32-25-18-28-26-24(31(25)19-20-6-2-1-3-7-20)16-22(17-27-26)21-8-10-23(11-9-21)29-35(33,34)15-14-30-12-4-5-13-30/h1-3,6-11,16-17,29H,4-5,12-15,18-19H2,(H,27,28). The lowest BCUT2D eigenvalue weighted by Crippen LogP contribution is -2.39. The van der Waals surface area contributed by atoms with Crippen LogP contribution in [0.25, 0.3) is 11.1 Å². The maximum atomic E-state index is 12.7. The highest BCUT2D eigenvalue weighted by atomic mass is 32.2. The summed E-state index contributed by atoms with van der Waals surface area (Å²) in [6.45, 7) is 3.18. The minimum atomic E-state index is -3.41. The molecular formula is C26H29N5O3S. The molecule has 8 nitrogen and oxygen atoms in total. The number of anilines is 3. The molecule has 1 saturated heterocycles. The van der Waals surface area contributed by atoms with Crippen LogP contribution in [0.5, 0.6) is 0 Å². The predicted octanol–water partition coefficient (Wildman–Crippen LogP) is 3.54. The zero-order chi connectivity index (χ0) is 24.3. The van der Waals surface area contributed by atoms with Crippen molar-refractivity contribution in [3.8, 4) is 11.1 Å². The molecule has 1 amide bonds. The van der Waals surface area contributed by atoms with E-state index >= 15 is 0 Å². The van der Waals surface area contributed by atoms with Crippen LogP contribution in [0.2, 0.25) is 0 Å². The van der Waals surface area contributed by atoms with Crippen LogP contribution in [-0.2, 0) is 21.4 Å². The van der Waals surface area contributed by atoms with Gasteiger partial charge in [-0.15, -0.1) is 0 Å². The van der Waals surface area contributed by atoms with Crippen molar-refractivity contribution in [1.29, 1.82) is 0 Å². The van der Waals surface area contributed by atoms with E-state index in [1.165, 1.54) is 0 Å². The average molecular weight is 492 g/mol. The first kappa shape index (κ1) is 23.3. The number of rotatable bonds is 8. The third-order valence-electron chi connectivity index (χ3n) is 6.42. The van der Waals surface area contributed by atoms with Gasteiger partial charge in [0.15, 0.2) is 5.82 Å². The molecule has 0 aliphatic carbocycles. The fourth-order valence-electron chi connectivity index (χ4n) is 4.50. The number of likely N-dealkylation sites (tertiary alicyclic amines) is 1. The van der Waals surface area contributed by atoms with Gasteiger partial charge in [-0.1, -0.05) is 42.5 Å². The Morgan fingerprint density at radius 1 is 0.971 bits per heavy atom. The first-order valence-electron chi connectivity index (χ1n) is 11.9. The normalized spacial score (nSPS) is 16.1. The summed E-state index contributed by atoms with van der Waals surface area (Å²) in [5, 5.41) is 3.09. The Kier molecular flexibility index (Phi) is 6.70. The number of nitrogens with one attached hydrogen (secondary N) is 2. The number of fused-ring (bicyclic) bond motifs is 1. The Bertz CT molecular complexity index is 1290. The molecule has 2 aliphatic heterocycles. The second-order valence-corrected chi connectivity index (χ2v) is 10.8. The van der Waals surface area contributed by atoms with Gasteiger partial charge >= 0.3 is 0 Å². The van der Waals surface area contributed by atoms with Crippen LogP contribution in [0.1, 0.15) is 18.4 Å². The van der Waals surface area contributed by atoms with E-state index in [4.69, 9.17) is 0 Å². The second kappa shape index (κ2) is 10.1. The van der Waals surface area contributed by atoms with Crippen LogP contribution in [0.4, 0.5) is 17.2 Å². The summed E-state index contributed by atoms with van der Waals surface area (Å²) in [5.74, 6) is 0.743. The molecule has 9 heteroatoms. The van der Waals surface area contributed by atoms with Gasteiger partial charge in [-0.25, -0.2) is 13.4 Å². The maximum absolute atomic E-state index is 12.7. The third kappa shape index (κ3) is 5.63. The molecule has 5 rings (SSSR count). The van der Waals surface area contributed by atoms with E-state index in [2.05, 4.69) is 19.9 Å². The van der Waals surface area contributed by atoms with E-state index in [0.29, 0.717) is 24.6 Å². The number of aromatic nitrogens is 1. The molecule has 2 N–H and O–H groups in total. The SMILES string of the molecule is O=C1CNc2ncc(-c3ccc(NS(=O)(=O)CCN4CCCC4)cc3)cc2N1Cc1ccccc1. The smallest absolute Gasteiger partial charge is 0.246 e. The van der Waals surface area contributed by atoms with E-state index < -0.39 is 10.0 Å². The molecule has 2 aliphatic rings. The minimum Gasteiger partial charge on any atom is -0.359 e. The van der Waals surface area contributed by atoms with E-state index in [9.17, 15) is 13.2 Å². The number of carbonyl (C=O) groups is 1. The van der Waals surface area contributed by atoms with Crippen molar-refractivity contribution in [3.05, 3.63) is 72.4 Å². The summed E-state index contributed by atoms with van der Waals surface area (Å²) >= 11 is 0. The highest BCUT2D eigenvalue weighted by Crippen LogP contribution is 2.33. The van der Waals surface area contributed by atoms with Crippen molar-refractivity contribution < 1.29 is 13.2 Å². The topological polar surface area (TPSA) is 94.6 Å². The van der Waals surface area contributed by atoms with Crippen molar-refractivity contribution in [2.24, 2.45) is 0 Å². The molecule has 0 saturated carbocycles. The van der Waals surface area contributed by atoms with Crippen LogP contribution >= 0.6 is 0 Å². The molecule has 2 aromatic carbocycles. The Morgan fingerprint density at radius 3 is 2.46 bits per heavy atom. The summed E-state index contributed by atoms with van der Waals surface area (Å²) in [4.78, 5) is 21.2. The molecule has 1 aromatic heterocycles. The van der Waals surface area contributed by atoms with Gasteiger partial charge < -0.3 is 15.1 Å². The highest BCUT2D eigenvalue weighted by molar-refractivity contribution is 7.92. The van der Waals surface area contributed by atoms with Crippen molar-refractivity contribution in [1.82, 2.24) is 9.88 Å². The van der Waals surface area contributed by atoms with Gasteiger partial charge in [0.25, 0.3) is 0 Å². The van der Waals surface area contributed by atoms with Gasteiger partial charge in [-0.05, 0) is 55.3 Å². The van der Waals surface area contributed by atoms with Crippen molar-refractivity contribution in [3.63, 3.8) is 0 Å². The Morgan fingerprint density at radius 2 is 1.71 bits per heavy atom. The third-order valence-corrected chi connectivity index (χ3v) is 7.68. The highest BCUT2D eigenvalue weighted by Gasteiger charge is 2.25. The predicted molar refractivity (Wildman–Crippen MR) is 139 cm³/mol. The molecule has 3 aromatic rings.